The van der Waals surface area contributed by atoms with Gasteiger partial charge in [0.25, 0.3) is 0 Å². The minimum absolute atomic E-state index is 0.339. The van der Waals surface area contributed by atoms with Gasteiger partial charge < -0.3 is 33.5 Å². The van der Waals surface area contributed by atoms with Gasteiger partial charge in [-0.25, -0.2) is 0 Å². The molecular formula is C22H34N2O5+2. The van der Waals surface area contributed by atoms with E-state index in [9.17, 15) is 5.11 Å². The van der Waals surface area contributed by atoms with Crippen LogP contribution in [0.15, 0.2) is 34.9 Å². The Labute approximate surface area is 172 Å². The van der Waals surface area contributed by atoms with Crippen LogP contribution in [0, 0.1) is 6.92 Å². The molecule has 1 atom stereocenters. The molecule has 1 aromatic carbocycles. The molecule has 1 aliphatic rings. The summed E-state index contributed by atoms with van der Waals surface area (Å²) in [6.07, 6.45) is 1.18. The molecule has 0 radical (unpaired) electrons. The van der Waals surface area contributed by atoms with E-state index in [-0.39, 0.29) is 0 Å². The topological polar surface area (TPSA) is 69.9 Å². The largest absolute Gasteiger partial charge is 0.493 e. The van der Waals surface area contributed by atoms with E-state index >= 15 is 0 Å². The van der Waals surface area contributed by atoms with Crippen molar-refractivity contribution in [3.05, 3.63) is 47.4 Å². The van der Waals surface area contributed by atoms with E-state index in [0.717, 1.165) is 56.5 Å². The van der Waals surface area contributed by atoms with Crippen LogP contribution in [0.3, 0.4) is 0 Å². The Bertz CT molecular complexity index is 742. The lowest BCUT2D eigenvalue weighted by Crippen LogP contribution is -3.28. The molecule has 1 fully saturated rings. The first kappa shape index (κ1) is 21.6. The lowest BCUT2D eigenvalue weighted by Gasteiger charge is -2.31. The Hall–Kier alpha value is -2.06. The number of quaternary nitrogens is 2. The highest BCUT2D eigenvalue weighted by Gasteiger charge is 2.26. The van der Waals surface area contributed by atoms with Gasteiger partial charge in [0.2, 0.25) is 0 Å². The SMILES string of the molecule is COc1cc(C)c(C[NH+]2CC[NH+](C[C@@H](O)COCc3ccco3)CC2)cc1OC. The van der Waals surface area contributed by atoms with Crippen molar-refractivity contribution in [2.75, 3.05) is 53.6 Å². The first-order valence-corrected chi connectivity index (χ1v) is 10.3. The van der Waals surface area contributed by atoms with Crippen molar-refractivity contribution >= 4 is 0 Å². The molecule has 29 heavy (non-hydrogen) atoms. The maximum Gasteiger partial charge on any atom is 0.161 e. The molecule has 0 amide bonds. The van der Waals surface area contributed by atoms with E-state index in [0.29, 0.717) is 13.2 Å². The Balaban J connectivity index is 1.41. The molecule has 0 spiro atoms. The summed E-state index contributed by atoms with van der Waals surface area (Å²) in [5.74, 6) is 2.35. The Morgan fingerprint density at radius 3 is 2.41 bits per heavy atom. The number of furan rings is 1. The molecule has 7 nitrogen and oxygen atoms in total. The number of nitrogens with one attached hydrogen (secondary N) is 2. The predicted molar refractivity (Wildman–Crippen MR) is 109 cm³/mol. The van der Waals surface area contributed by atoms with Crippen LogP contribution in [-0.2, 0) is 17.9 Å². The molecule has 160 valence electrons. The fourth-order valence-electron chi connectivity index (χ4n) is 3.90. The van der Waals surface area contributed by atoms with Gasteiger partial charge in [-0.15, -0.1) is 0 Å². The quantitative estimate of drug-likeness (QED) is 0.495. The van der Waals surface area contributed by atoms with Gasteiger partial charge in [0.05, 0.1) is 27.1 Å². The van der Waals surface area contributed by atoms with Crippen molar-refractivity contribution in [2.24, 2.45) is 0 Å². The summed E-state index contributed by atoms with van der Waals surface area (Å²) in [6.45, 7) is 8.85. The van der Waals surface area contributed by atoms with Crippen molar-refractivity contribution in [1.29, 1.82) is 0 Å². The zero-order valence-electron chi connectivity index (χ0n) is 17.7. The van der Waals surface area contributed by atoms with Crippen molar-refractivity contribution in [2.45, 2.75) is 26.2 Å². The molecule has 7 heteroatoms. The van der Waals surface area contributed by atoms with E-state index in [1.165, 1.54) is 16.0 Å². The summed E-state index contributed by atoms with van der Waals surface area (Å²) in [4.78, 5) is 3.00. The van der Waals surface area contributed by atoms with Gasteiger partial charge in [-0.1, -0.05) is 0 Å². The molecule has 2 heterocycles. The van der Waals surface area contributed by atoms with Gasteiger partial charge in [0.15, 0.2) is 11.5 Å². The van der Waals surface area contributed by atoms with Crippen LogP contribution in [0.5, 0.6) is 11.5 Å². The molecule has 0 saturated carbocycles. The average Bonchev–Trinajstić information content (AvgIpc) is 3.24. The molecule has 0 unspecified atom stereocenters. The monoisotopic (exact) mass is 406 g/mol. The number of ether oxygens (including phenoxy) is 3. The molecule has 1 aliphatic heterocycles. The van der Waals surface area contributed by atoms with Gasteiger partial charge >= 0.3 is 0 Å². The molecule has 1 saturated heterocycles. The molecule has 1 aromatic heterocycles. The maximum absolute atomic E-state index is 10.3. The Morgan fingerprint density at radius 2 is 1.76 bits per heavy atom. The minimum atomic E-state index is -0.449. The lowest BCUT2D eigenvalue weighted by molar-refractivity contribution is -1.02. The first-order chi connectivity index (χ1) is 14.1. The Kier molecular flexibility index (Phi) is 7.94. The smallest absolute Gasteiger partial charge is 0.161 e. The lowest BCUT2D eigenvalue weighted by atomic mass is 10.1. The second-order valence-corrected chi connectivity index (χ2v) is 7.76. The number of hydrogen-bond acceptors (Lipinski definition) is 5. The summed E-state index contributed by atoms with van der Waals surface area (Å²) < 4.78 is 21.6. The summed E-state index contributed by atoms with van der Waals surface area (Å²) in [5.41, 5.74) is 2.53. The van der Waals surface area contributed by atoms with Crippen LogP contribution in [0.25, 0.3) is 0 Å². The van der Waals surface area contributed by atoms with Crippen molar-refractivity contribution in [1.82, 2.24) is 0 Å². The van der Waals surface area contributed by atoms with Crippen molar-refractivity contribution in [3.63, 3.8) is 0 Å². The highest BCUT2D eigenvalue weighted by Crippen LogP contribution is 2.29. The van der Waals surface area contributed by atoms with Crippen LogP contribution in [0.1, 0.15) is 16.9 Å². The maximum atomic E-state index is 10.3. The highest BCUT2D eigenvalue weighted by molar-refractivity contribution is 5.46. The van der Waals surface area contributed by atoms with Gasteiger partial charge in [0, 0.05) is 5.56 Å². The number of aliphatic hydroxyl groups is 1. The number of piperazine rings is 1. The minimum Gasteiger partial charge on any atom is -0.493 e. The summed E-state index contributed by atoms with van der Waals surface area (Å²) in [5, 5.41) is 10.3. The van der Waals surface area contributed by atoms with Gasteiger partial charge in [-0.3, -0.25) is 0 Å². The standard InChI is InChI=1S/C22H32N2O5/c1-17-11-21(26-2)22(27-3)12-18(17)13-23-6-8-24(9-7-23)14-19(25)15-28-16-20-5-4-10-29-20/h4-5,10-12,19,25H,6-9,13-16H2,1-3H3/p+2/t19-/m1/s1. The average molecular weight is 407 g/mol. The van der Waals surface area contributed by atoms with Crippen molar-refractivity contribution in [3.8, 4) is 11.5 Å². The number of hydrogen-bond donors (Lipinski definition) is 3. The van der Waals surface area contributed by atoms with Gasteiger partial charge in [0.1, 0.15) is 57.7 Å². The van der Waals surface area contributed by atoms with E-state index in [1.54, 1.807) is 25.4 Å². The molecule has 3 rings (SSSR count). The zero-order valence-corrected chi connectivity index (χ0v) is 17.7. The Morgan fingerprint density at radius 1 is 1.07 bits per heavy atom. The first-order valence-electron chi connectivity index (χ1n) is 10.3. The van der Waals surface area contributed by atoms with Crippen molar-refractivity contribution < 1.29 is 33.5 Å². The van der Waals surface area contributed by atoms with Crippen LogP contribution in [0.4, 0.5) is 0 Å². The fourth-order valence-corrected chi connectivity index (χ4v) is 3.90. The molecule has 0 aliphatic carbocycles. The van der Waals surface area contributed by atoms with Gasteiger partial charge in [-0.2, -0.15) is 0 Å². The highest BCUT2D eigenvalue weighted by atomic mass is 16.5. The fraction of sp³-hybridized carbons (Fsp3) is 0.545. The third kappa shape index (κ3) is 6.21. The normalized spacial score (nSPS) is 20.4. The number of methoxy groups -OCH3 is 2. The summed E-state index contributed by atoms with van der Waals surface area (Å²) in [6, 6.07) is 7.86. The number of aliphatic hydroxyl groups excluding tert-OH is 1. The van der Waals surface area contributed by atoms with E-state index < -0.39 is 6.10 Å². The number of rotatable bonds is 10. The second kappa shape index (κ2) is 10.6. The van der Waals surface area contributed by atoms with E-state index in [4.69, 9.17) is 18.6 Å². The third-order valence-electron chi connectivity index (χ3n) is 5.61. The molecule has 0 bridgehead atoms. The summed E-state index contributed by atoms with van der Waals surface area (Å²) in [7, 11) is 3.34. The molecular weight excluding hydrogens is 372 g/mol. The number of benzene rings is 1. The zero-order chi connectivity index (χ0) is 20.6. The third-order valence-corrected chi connectivity index (χ3v) is 5.61. The molecule has 2 aromatic rings. The number of aryl methyl sites for hydroxylation is 1. The van der Waals surface area contributed by atoms with Crippen LogP contribution in [0.2, 0.25) is 0 Å². The van der Waals surface area contributed by atoms with Gasteiger partial charge in [-0.05, 0) is 36.8 Å². The van der Waals surface area contributed by atoms with E-state index in [2.05, 4.69) is 13.0 Å². The second-order valence-electron chi connectivity index (χ2n) is 7.76. The van der Waals surface area contributed by atoms with Crippen LogP contribution in [-0.4, -0.2) is 64.8 Å². The predicted octanol–water partition coefficient (Wildman–Crippen LogP) is -0.534. The summed E-state index contributed by atoms with van der Waals surface area (Å²) >= 11 is 0. The van der Waals surface area contributed by atoms with Crippen LogP contribution >= 0.6 is 0 Å². The van der Waals surface area contributed by atoms with Crippen LogP contribution < -0.4 is 19.3 Å². The molecule has 3 N–H and O–H groups in total. The van der Waals surface area contributed by atoms with E-state index in [1.807, 2.05) is 18.2 Å².